The third-order valence-electron chi connectivity index (χ3n) is 2.54. The Kier molecular flexibility index (Phi) is 7.26. The minimum absolute atomic E-state index is 0.550. The van der Waals surface area contributed by atoms with Gasteiger partial charge in [-0.25, -0.2) is 0 Å². The smallest absolute Gasteiger partial charge is 0.00231 e. The fourth-order valence-electron chi connectivity index (χ4n) is 1.78. The van der Waals surface area contributed by atoms with Crippen molar-refractivity contribution in [2.75, 3.05) is 13.1 Å². The van der Waals surface area contributed by atoms with Crippen LogP contribution in [0.3, 0.4) is 0 Å². The van der Waals surface area contributed by atoms with Gasteiger partial charge < -0.3 is 5.32 Å². The van der Waals surface area contributed by atoms with Gasteiger partial charge in [0.25, 0.3) is 0 Å². The fraction of sp³-hybridized carbons (Fsp3) is 1.00. The fourth-order valence-corrected chi connectivity index (χ4v) is 1.78. The summed E-state index contributed by atoms with van der Waals surface area (Å²) in [6.45, 7) is 13.8. The van der Waals surface area contributed by atoms with Crippen molar-refractivity contribution in [3.8, 4) is 0 Å². The van der Waals surface area contributed by atoms with Crippen LogP contribution < -0.4 is 5.32 Å². The summed E-state index contributed by atoms with van der Waals surface area (Å²) in [5.74, 6) is 0.925. The molecule has 1 unspecified atom stereocenters. The van der Waals surface area contributed by atoms with Crippen LogP contribution in [-0.4, -0.2) is 13.1 Å². The third kappa shape index (κ3) is 10.0. The van der Waals surface area contributed by atoms with Crippen molar-refractivity contribution in [2.45, 2.75) is 60.3 Å². The van der Waals surface area contributed by atoms with Crippen LogP contribution in [0.5, 0.6) is 0 Å². The molecule has 1 fully saturated rings. The van der Waals surface area contributed by atoms with Gasteiger partial charge in [0.15, 0.2) is 0 Å². The van der Waals surface area contributed by atoms with Gasteiger partial charge in [0.1, 0.15) is 0 Å². The van der Waals surface area contributed by atoms with Crippen molar-refractivity contribution in [2.24, 2.45) is 11.3 Å². The minimum Gasteiger partial charge on any atom is -0.316 e. The predicted octanol–water partition coefficient (Wildman–Crippen LogP) is 3.84. The Morgan fingerprint density at radius 2 is 1.93 bits per heavy atom. The van der Waals surface area contributed by atoms with Gasteiger partial charge in [-0.2, -0.15) is 0 Å². The Morgan fingerprint density at radius 3 is 2.07 bits per heavy atom. The average Bonchev–Trinajstić information content (AvgIpc) is 2.04. The van der Waals surface area contributed by atoms with Gasteiger partial charge in [0.05, 0.1) is 0 Å². The van der Waals surface area contributed by atoms with Gasteiger partial charge in [-0.05, 0) is 43.7 Å². The molecule has 1 aliphatic heterocycles. The van der Waals surface area contributed by atoms with Gasteiger partial charge in [-0.15, -0.1) is 0 Å². The van der Waals surface area contributed by atoms with E-state index in [1.165, 1.54) is 38.8 Å². The number of nitrogens with one attached hydrogen (secondary N) is 1. The van der Waals surface area contributed by atoms with Gasteiger partial charge in [-0.1, -0.05) is 41.0 Å². The second kappa shape index (κ2) is 7.28. The Morgan fingerprint density at radius 1 is 1.29 bits per heavy atom. The van der Waals surface area contributed by atoms with Gasteiger partial charge in [0.2, 0.25) is 0 Å². The molecule has 0 aliphatic carbocycles. The van der Waals surface area contributed by atoms with Crippen LogP contribution in [0.4, 0.5) is 0 Å². The molecule has 0 amide bonds. The number of piperidine rings is 1. The third-order valence-corrected chi connectivity index (χ3v) is 2.54. The molecule has 1 saturated heterocycles. The highest BCUT2D eigenvalue weighted by atomic mass is 14.9. The Balaban J connectivity index is 0.000000241. The lowest BCUT2D eigenvalue weighted by atomic mass is 9.91. The van der Waals surface area contributed by atoms with Crippen molar-refractivity contribution < 1.29 is 0 Å². The molecule has 0 aromatic carbocycles. The second-order valence-corrected chi connectivity index (χ2v) is 5.76. The Hall–Kier alpha value is -0.0400. The SMILES string of the molecule is CC1CCCNC1.CCCC(C)(C)C. The summed E-state index contributed by atoms with van der Waals surface area (Å²) < 4.78 is 0. The van der Waals surface area contributed by atoms with Crippen molar-refractivity contribution in [3.63, 3.8) is 0 Å². The molecular formula is C13H29N. The molecule has 1 atom stereocenters. The maximum Gasteiger partial charge on any atom is -0.00231 e. The van der Waals surface area contributed by atoms with Crippen molar-refractivity contribution in [1.29, 1.82) is 0 Å². The summed E-state index contributed by atoms with van der Waals surface area (Å²) >= 11 is 0. The molecule has 1 rings (SSSR count). The van der Waals surface area contributed by atoms with E-state index in [1.54, 1.807) is 0 Å². The number of hydrogen-bond acceptors (Lipinski definition) is 1. The zero-order valence-electron chi connectivity index (χ0n) is 10.8. The van der Waals surface area contributed by atoms with Crippen LogP contribution in [0.15, 0.2) is 0 Å². The van der Waals surface area contributed by atoms with E-state index in [0.717, 1.165) is 5.92 Å². The van der Waals surface area contributed by atoms with Crippen LogP contribution in [0, 0.1) is 11.3 Å². The number of hydrogen-bond donors (Lipinski definition) is 1. The van der Waals surface area contributed by atoms with Crippen molar-refractivity contribution >= 4 is 0 Å². The topological polar surface area (TPSA) is 12.0 Å². The maximum absolute atomic E-state index is 3.33. The quantitative estimate of drug-likeness (QED) is 0.676. The molecule has 0 saturated carbocycles. The predicted molar refractivity (Wildman–Crippen MR) is 65.6 cm³/mol. The summed E-state index contributed by atoms with van der Waals surface area (Å²) in [6, 6.07) is 0. The normalized spacial score (nSPS) is 22.5. The zero-order valence-corrected chi connectivity index (χ0v) is 10.8. The van der Waals surface area contributed by atoms with E-state index >= 15 is 0 Å². The Bertz CT molecular complexity index is 118. The molecule has 14 heavy (non-hydrogen) atoms. The first kappa shape index (κ1) is 14.0. The molecule has 86 valence electrons. The highest BCUT2D eigenvalue weighted by Crippen LogP contribution is 2.19. The summed E-state index contributed by atoms with van der Waals surface area (Å²) in [4.78, 5) is 0. The molecule has 1 N–H and O–H groups in total. The van der Waals surface area contributed by atoms with E-state index in [-0.39, 0.29) is 0 Å². The molecule has 1 heteroatoms. The molecular weight excluding hydrogens is 170 g/mol. The largest absolute Gasteiger partial charge is 0.316 e. The highest BCUT2D eigenvalue weighted by Gasteiger charge is 2.06. The lowest BCUT2D eigenvalue weighted by Gasteiger charge is -2.17. The summed E-state index contributed by atoms with van der Waals surface area (Å²) in [7, 11) is 0. The zero-order chi connectivity index (χ0) is 11.0. The van der Waals surface area contributed by atoms with E-state index in [2.05, 4.69) is 39.9 Å². The summed E-state index contributed by atoms with van der Waals surface area (Å²) in [6.07, 6.45) is 5.45. The molecule has 0 aromatic rings. The first-order chi connectivity index (χ1) is 6.45. The van der Waals surface area contributed by atoms with Crippen molar-refractivity contribution in [1.82, 2.24) is 5.32 Å². The van der Waals surface area contributed by atoms with Crippen LogP contribution in [0.2, 0.25) is 0 Å². The first-order valence-electron chi connectivity index (χ1n) is 6.16. The van der Waals surface area contributed by atoms with E-state index in [0.29, 0.717) is 5.41 Å². The van der Waals surface area contributed by atoms with E-state index in [1.807, 2.05) is 0 Å². The van der Waals surface area contributed by atoms with E-state index in [9.17, 15) is 0 Å². The van der Waals surface area contributed by atoms with Crippen LogP contribution in [0.25, 0.3) is 0 Å². The first-order valence-corrected chi connectivity index (χ1v) is 6.16. The second-order valence-electron chi connectivity index (χ2n) is 5.76. The minimum atomic E-state index is 0.550. The lowest BCUT2D eigenvalue weighted by Crippen LogP contribution is -2.27. The molecule has 0 radical (unpaired) electrons. The van der Waals surface area contributed by atoms with Crippen LogP contribution in [0.1, 0.15) is 60.3 Å². The van der Waals surface area contributed by atoms with E-state index < -0.39 is 0 Å². The highest BCUT2D eigenvalue weighted by molar-refractivity contribution is 4.63. The van der Waals surface area contributed by atoms with Gasteiger partial charge in [0, 0.05) is 0 Å². The van der Waals surface area contributed by atoms with Crippen LogP contribution in [-0.2, 0) is 0 Å². The summed E-state index contributed by atoms with van der Waals surface area (Å²) in [5, 5.41) is 3.33. The maximum atomic E-state index is 3.33. The number of rotatable bonds is 1. The van der Waals surface area contributed by atoms with Gasteiger partial charge in [-0.3, -0.25) is 0 Å². The van der Waals surface area contributed by atoms with Crippen molar-refractivity contribution in [3.05, 3.63) is 0 Å². The van der Waals surface area contributed by atoms with Gasteiger partial charge >= 0.3 is 0 Å². The lowest BCUT2D eigenvalue weighted by molar-refractivity contribution is 0.373. The van der Waals surface area contributed by atoms with Crippen LogP contribution >= 0.6 is 0 Å². The monoisotopic (exact) mass is 199 g/mol. The van der Waals surface area contributed by atoms with E-state index in [4.69, 9.17) is 0 Å². The summed E-state index contributed by atoms with van der Waals surface area (Å²) in [5.41, 5.74) is 0.550. The standard InChI is InChI=1S/C7H16.C6H13N/c1-5-6-7(2,3)4;1-6-3-2-4-7-5-6/h5-6H2,1-4H3;6-7H,2-5H2,1H3. The molecule has 1 heterocycles. The molecule has 0 aromatic heterocycles. The Labute approximate surface area is 90.7 Å². The molecule has 1 nitrogen and oxygen atoms in total. The molecule has 0 spiro atoms. The molecule has 0 bridgehead atoms. The average molecular weight is 199 g/mol. The molecule has 1 aliphatic rings.